The normalized spacial score (nSPS) is 12.0. The molecule has 0 bridgehead atoms. The van der Waals surface area contributed by atoms with Gasteiger partial charge in [0.1, 0.15) is 6.04 Å². The van der Waals surface area contributed by atoms with Gasteiger partial charge in [0.15, 0.2) is 0 Å². The molecule has 1 amide bonds. The molecule has 0 unspecified atom stereocenters. The Kier molecular flexibility index (Phi) is 3.83. The molecule has 9 nitrogen and oxygen atoms in total. The molecule has 0 fully saturated rings. The number of nitrogens with one attached hydrogen (secondary N) is 1. The fourth-order valence-corrected chi connectivity index (χ4v) is 1.69. The first-order valence-corrected chi connectivity index (χ1v) is 5.86. The quantitative estimate of drug-likeness (QED) is 0.708. The van der Waals surface area contributed by atoms with Crippen molar-refractivity contribution in [1.82, 2.24) is 15.5 Å². The third-order valence-corrected chi connectivity index (χ3v) is 2.75. The molecule has 2 aromatic heterocycles. The van der Waals surface area contributed by atoms with Gasteiger partial charge in [0.25, 0.3) is 11.6 Å². The summed E-state index contributed by atoms with van der Waals surface area (Å²) in [5.41, 5.74) is 0.877. The minimum atomic E-state index is -1.52. The third kappa shape index (κ3) is 3.14. The summed E-state index contributed by atoms with van der Waals surface area (Å²) in [5.74, 6) is -3.49. The molecule has 3 N–H and O–H groups in total. The smallest absolute Gasteiger partial charge is 0.326 e. The number of rotatable bonds is 5. The number of aryl methyl sites for hydroxylation is 1. The van der Waals surface area contributed by atoms with Crippen molar-refractivity contribution in [3.63, 3.8) is 0 Å². The van der Waals surface area contributed by atoms with Gasteiger partial charge in [0, 0.05) is 6.20 Å². The first kappa shape index (κ1) is 14.4. The number of carbonyl (C=O) groups excluding carboxylic acids is 1. The Bertz CT molecular complexity index is 723. The standard InChI is InChI=1S/C12H11N3O6/c1-5-7-2-6(4-13-11(7)21-15-5)10(18)14-8(12(19)20)3-9(16)17/h2,4,8H,3H2,1H3,(H,14,18)(H,16,17)(H,19,20)/t8-/m0/s1. The number of pyridine rings is 1. The molecule has 0 aliphatic rings. The number of hydrogen-bond donors (Lipinski definition) is 3. The van der Waals surface area contributed by atoms with E-state index >= 15 is 0 Å². The number of amides is 1. The van der Waals surface area contributed by atoms with Gasteiger partial charge in [-0.25, -0.2) is 9.78 Å². The Balaban J connectivity index is 2.22. The van der Waals surface area contributed by atoms with E-state index in [0.29, 0.717) is 11.1 Å². The van der Waals surface area contributed by atoms with Gasteiger partial charge in [-0.3, -0.25) is 9.59 Å². The number of carbonyl (C=O) groups is 3. The predicted octanol–water partition coefficient (Wildman–Crippen LogP) is 0.189. The van der Waals surface area contributed by atoms with Gasteiger partial charge in [0.05, 0.1) is 23.1 Å². The van der Waals surface area contributed by atoms with E-state index in [4.69, 9.17) is 14.7 Å². The van der Waals surface area contributed by atoms with Crippen LogP contribution in [0.1, 0.15) is 22.5 Å². The number of aliphatic carboxylic acids is 2. The lowest BCUT2D eigenvalue weighted by Crippen LogP contribution is -2.42. The average Bonchev–Trinajstić information content (AvgIpc) is 2.78. The third-order valence-electron chi connectivity index (χ3n) is 2.75. The van der Waals surface area contributed by atoms with Crippen molar-refractivity contribution in [3.8, 4) is 0 Å². The van der Waals surface area contributed by atoms with Crippen LogP contribution < -0.4 is 5.32 Å². The summed E-state index contributed by atoms with van der Waals surface area (Å²) in [7, 11) is 0. The molecule has 0 saturated carbocycles. The predicted molar refractivity (Wildman–Crippen MR) is 67.7 cm³/mol. The fourth-order valence-electron chi connectivity index (χ4n) is 1.69. The Morgan fingerprint density at radius 1 is 1.38 bits per heavy atom. The zero-order valence-corrected chi connectivity index (χ0v) is 10.9. The van der Waals surface area contributed by atoms with Crippen LogP contribution in [0.2, 0.25) is 0 Å². The second-order valence-corrected chi connectivity index (χ2v) is 4.31. The SMILES string of the molecule is Cc1noc2ncc(C(=O)N[C@@H](CC(=O)O)C(=O)O)cc12. The topological polar surface area (TPSA) is 143 Å². The van der Waals surface area contributed by atoms with Gasteiger partial charge in [-0.15, -0.1) is 0 Å². The van der Waals surface area contributed by atoms with E-state index in [-0.39, 0.29) is 11.3 Å². The highest BCUT2D eigenvalue weighted by Gasteiger charge is 2.24. The van der Waals surface area contributed by atoms with Crippen LogP contribution in [0.25, 0.3) is 11.1 Å². The van der Waals surface area contributed by atoms with Crippen molar-refractivity contribution in [3.05, 3.63) is 23.5 Å². The van der Waals surface area contributed by atoms with Gasteiger partial charge in [-0.2, -0.15) is 0 Å². The van der Waals surface area contributed by atoms with E-state index in [9.17, 15) is 14.4 Å². The molecule has 0 aliphatic heterocycles. The molecule has 2 rings (SSSR count). The monoisotopic (exact) mass is 293 g/mol. The zero-order chi connectivity index (χ0) is 15.6. The van der Waals surface area contributed by atoms with Crippen molar-refractivity contribution in [2.24, 2.45) is 0 Å². The molecule has 2 aromatic rings. The van der Waals surface area contributed by atoms with E-state index in [1.54, 1.807) is 6.92 Å². The Morgan fingerprint density at radius 3 is 2.71 bits per heavy atom. The largest absolute Gasteiger partial charge is 0.481 e. The number of aromatic nitrogens is 2. The lowest BCUT2D eigenvalue weighted by molar-refractivity contribution is -0.145. The molecule has 21 heavy (non-hydrogen) atoms. The van der Waals surface area contributed by atoms with Crippen LogP contribution in [0.15, 0.2) is 16.8 Å². The van der Waals surface area contributed by atoms with E-state index in [0.717, 1.165) is 0 Å². The maximum absolute atomic E-state index is 12.0. The first-order chi connectivity index (χ1) is 9.88. The lowest BCUT2D eigenvalue weighted by Gasteiger charge is -2.12. The number of nitrogens with zero attached hydrogens (tertiary/aromatic N) is 2. The zero-order valence-electron chi connectivity index (χ0n) is 10.9. The summed E-state index contributed by atoms with van der Waals surface area (Å²) < 4.78 is 4.89. The van der Waals surface area contributed by atoms with Gasteiger partial charge in [0.2, 0.25) is 0 Å². The Morgan fingerprint density at radius 2 is 2.10 bits per heavy atom. The van der Waals surface area contributed by atoms with E-state index in [2.05, 4.69) is 15.5 Å². The molecule has 2 heterocycles. The van der Waals surface area contributed by atoms with Crippen LogP contribution >= 0.6 is 0 Å². The molecule has 0 saturated heterocycles. The number of hydrogen-bond acceptors (Lipinski definition) is 6. The van der Waals surface area contributed by atoms with Crippen LogP contribution in [-0.2, 0) is 9.59 Å². The first-order valence-electron chi connectivity index (χ1n) is 5.86. The van der Waals surface area contributed by atoms with E-state index < -0.39 is 30.3 Å². The van der Waals surface area contributed by atoms with Gasteiger partial charge in [-0.05, 0) is 13.0 Å². The number of fused-ring (bicyclic) bond motifs is 1. The van der Waals surface area contributed by atoms with Gasteiger partial charge >= 0.3 is 11.9 Å². The summed E-state index contributed by atoms with van der Waals surface area (Å²) in [6, 6.07) is -0.0716. The molecule has 1 atom stereocenters. The maximum Gasteiger partial charge on any atom is 0.326 e. The second-order valence-electron chi connectivity index (χ2n) is 4.31. The molecule has 0 spiro atoms. The minimum Gasteiger partial charge on any atom is -0.481 e. The van der Waals surface area contributed by atoms with Crippen LogP contribution in [0.5, 0.6) is 0 Å². The van der Waals surface area contributed by atoms with Crippen molar-refractivity contribution in [2.45, 2.75) is 19.4 Å². The van der Waals surface area contributed by atoms with Crippen LogP contribution in [0.3, 0.4) is 0 Å². The Hall–Kier alpha value is -2.97. The molecule has 9 heteroatoms. The highest BCUT2D eigenvalue weighted by atomic mass is 16.5. The molecule has 0 aromatic carbocycles. The molecule has 110 valence electrons. The van der Waals surface area contributed by atoms with Gasteiger partial charge < -0.3 is 20.1 Å². The molecule has 0 aliphatic carbocycles. The average molecular weight is 293 g/mol. The van der Waals surface area contributed by atoms with Crippen molar-refractivity contribution >= 4 is 28.9 Å². The number of carboxylic acid groups (broad SMARTS) is 2. The molecule has 0 radical (unpaired) electrons. The van der Waals surface area contributed by atoms with Crippen molar-refractivity contribution in [1.29, 1.82) is 0 Å². The molecular weight excluding hydrogens is 282 g/mol. The summed E-state index contributed by atoms with van der Waals surface area (Å²) in [6.07, 6.45) is 0.477. The van der Waals surface area contributed by atoms with E-state index in [1.165, 1.54) is 12.3 Å². The Labute approximate surface area is 117 Å². The van der Waals surface area contributed by atoms with Gasteiger partial charge in [-0.1, -0.05) is 5.16 Å². The summed E-state index contributed by atoms with van der Waals surface area (Å²) in [5, 5.41) is 23.8. The summed E-state index contributed by atoms with van der Waals surface area (Å²) in [6.45, 7) is 1.67. The molecular formula is C12H11N3O6. The summed E-state index contributed by atoms with van der Waals surface area (Å²) in [4.78, 5) is 37.3. The maximum atomic E-state index is 12.0. The second kappa shape index (κ2) is 5.57. The minimum absolute atomic E-state index is 0.0884. The van der Waals surface area contributed by atoms with Crippen molar-refractivity contribution in [2.75, 3.05) is 0 Å². The van der Waals surface area contributed by atoms with E-state index in [1.807, 2.05) is 0 Å². The number of carboxylic acids is 2. The lowest BCUT2D eigenvalue weighted by atomic mass is 10.1. The highest BCUT2D eigenvalue weighted by Crippen LogP contribution is 2.16. The van der Waals surface area contributed by atoms with Crippen LogP contribution in [0.4, 0.5) is 0 Å². The van der Waals surface area contributed by atoms with Crippen LogP contribution in [0, 0.1) is 6.92 Å². The highest BCUT2D eigenvalue weighted by molar-refractivity contribution is 5.99. The fraction of sp³-hybridized carbons (Fsp3) is 0.250. The summed E-state index contributed by atoms with van der Waals surface area (Å²) >= 11 is 0. The van der Waals surface area contributed by atoms with Crippen LogP contribution in [-0.4, -0.2) is 44.2 Å². The van der Waals surface area contributed by atoms with Crippen molar-refractivity contribution < 1.29 is 29.1 Å².